The van der Waals surface area contributed by atoms with E-state index in [-0.39, 0.29) is 6.10 Å². The molecule has 1 aromatic heterocycles. The molecule has 1 aliphatic heterocycles. The Morgan fingerprint density at radius 2 is 2.23 bits per heavy atom. The van der Waals surface area contributed by atoms with Gasteiger partial charge >= 0.3 is 0 Å². The second-order valence-corrected chi connectivity index (χ2v) is 3.17. The van der Waals surface area contributed by atoms with Crippen LogP contribution in [0.5, 0.6) is 0 Å². The van der Waals surface area contributed by atoms with Crippen molar-refractivity contribution in [3.05, 3.63) is 24.3 Å². The Morgan fingerprint density at radius 1 is 1.46 bits per heavy atom. The monoisotopic (exact) mass is 180 g/mol. The van der Waals surface area contributed by atoms with Gasteiger partial charge in [-0.1, -0.05) is 0 Å². The molecule has 2 heterocycles. The second-order valence-electron chi connectivity index (χ2n) is 3.17. The average Bonchev–Trinajstić information content (AvgIpc) is 2.71. The Kier molecular flexibility index (Phi) is 2.52. The van der Waals surface area contributed by atoms with E-state index in [2.05, 4.69) is 9.97 Å². The van der Waals surface area contributed by atoms with Gasteiger partial charge in [0.1, 0.15) is 12.4 Å². The van der Waals surface area contributed by atoms with E-state index in [1.807, 2.05) is 0 Å². The number of aliphatic hydroxyl groups is 1. The van der Waals surface area contributed by atoms with Crippen LogP contribution in [0.2, 0.25) is 0 Å². The third-order valence-corrected chi connectivity index (χ3v) is 2.24. The first kappa shape index (κ1) is 8.59. The molecule has 1 fully saturated rings. The van der Waals surface area contributed by atoms with Crippen LogP contribution in [0.25, 0.3) is 0 Å². The van der Waals surface area contributed by atoms with E-state index in [9.17, 15) is 5.11 Å². The van der Waals surface area contributed by atoms with Gasteiger partial charge in [-0.2, -0.15) is 0 Å². The highest BCUT2D eigenvalue weighted by Gasteiger charge is 2.25. The lowest BCUT2D eigenvalue weighted by Crippen LogP contribution is -2.17. The van der Waals surface area contributed by atoms with E-state index in [0.717, 1.165) is 25.0 Å². The van der Waals surface area contributed by atoms with Crippen molar-refractivity contribution in [3.63, 3.8) is 0 Å². The largest absolute Gasteiger partial charge is 0.386 e. The first-order valence-corrected chi connectivity index (χ1v) is 4.42. The Hall–Kier alpha value is -1.00. The van der Waals surface area contributed by atoms with Gasteiger partial charge in [0, 0.05) is 24.6 Å². The molecule has 1 aliphatic rings. The topological polar surface area (TPSA) is 55.2 Å². The zero-order chi connectivity index (χ0) is 9.10. The zero-order valence-corrected chi connectivity index (χ0v) is 7.26. The van der Waals surface area contributed by atoms with Gasteiger partial charge in [0.15, 0.2) is 0 Å². The van der Waals surface area contributed by atoms with Crippen LogP contribution in [0.4, 0.5) is 0 Å². The molecule has 13 heavy (non-hydrogen) atoms. The summed E-state index contributed by atoms with van der Waals surface area (Å²) in [5.74, 6) is 0. The van der Waals surface area contributed by atoms with Crippen molar-refractivity contribution < 1.29 is 9.84 Å². The van der Waals surface area contributed by atoms with E-state index in [1.165, 1.54) is 6.33 Å². The summed E-state index contributed by atoms with van der Waals surface area (Å²) in [6, 6.07) is 0. The Labute approximate surface area is 76.6 Å². The lowest BCUT2D eigenvalue weighted by atomic mass is 10.1. The van der Waals surface area contributed by atoms with Crippen molar-refractivity contribution in [1.29, 1.82) is 0 Å². The summed E-state index contributed by atoms with van der Waals surface area (Å²) in [5, 5.41) is 9.82. The van der Waals surface area contributed by atoms with Crippen molar-refractivity contribution >= 4 is 0 Å². The molecule has 0 aromatic carbocycles. The van der Waals surface area contributed by atoms with Gasteiger partial charge in [-0.3, -0.25) is 0 Å². The fourth-order valence-corrected chi connectivity index (χ4v) is 1.53. The number of aromatic nitrogens is 2. The molecule has 1 aromatic rings. The molecule has 0 saturated carbocycles. The Morgan fingerprint density at radius 3 is 2.85 bits per heavy atom. The van der Waals surface area contributed by atoms with Crippen LogP contribution in [0.3, 0.4) is 0 Å². The maximum Gasteiger partial charge on any atom is 0.115 e. The highest BCUT2D eigenvalue weighted by Crippen LogP contribution is 2.25. The quantitative estimate of drug-likeness (QED) is 0.727. The fourth-order valence-electron chi connectivity index (χ4n) is 1.53. The number of ether oxygens (including phenoxy) is 1. The van der Waals surface area contributed by atoms with Gasteiger partial charge < -0.3 is 9.84 Å². The third-order valence-electron chi connectivity index (χ3n) is 2.24. The van der Waals surface area contributed by atoms with Crippen LogP contribution in [0.15, 0.2) is 18.7 Å². The van der Waals surface area contributed by atoms with Crippen LogP contribution in [-0.2, 0) is 4.74 Å². The van der Waals surface area contributed by atoms with Crippen LogP contribution < -0.4 is 0 Å². The van der Waals surface area contributed by atoms with Gasteiger partial charge in [0.05, 0.1) is 6.10 Å². The average molecular weight is 180 g/mol. The summed E-state index contributed by atoms with van der Waals surface area (Å²) >= 11 is 0. The molecule has 2 unspecified atom stereocenters. The lowest BCUT2D eigenvalue weighted by molar-refractivity contribution is -0.00292. The first-order valence-electron chi connectivity index (χ1n) is 4.42. The number of aliphatic hydroxyl groups excluding tert-OH is 1. The maximum absolute atomic E-state index is 9.82. The summed E-state index contributed by atoms with van der Waals surface area (Å²) in [7, 11) is 0. The minimum atomic E-state index is -0.580. The summed E-state index contributed by atoms with van der Waals surface area (Å²) in [5.41, 5.74) is 0.731. The number of hydrogen-bond acceptors (Lipinski definition) is 4. The highest BCUT2D eigenvalue weighted by atomic mass is 16.5. The molecule has 1 saturated heterocycles. The van der Waals surface area contributed by atoms with Crippen molar-refractivity contribution in [3.8, 4) is 0 Å². The molecule has 0 radical (unpaired) electrons. The second kappa shape index (κ2) is 3.81. The molecule has 4 heteroatoms. The van der Waals surface area contributed by atoms with Gasteiger partial charge in [-0.05, 0) is 12.8 Å². The van der Waals surface area contributed by atoms with Gasteiger partial charge in [-0.25, -0.2) is 9.97 Å². The molecule has 2 atom stereocenters. The smallest absolute Gasteiger partial charge is 0.115 e. The zero-order valence-electron chi connectivity index (χ0n) is 7.26. The lowest BCUT2D eigenvalue weighted by Gasteiger charge is -2.16. The molecule has 1 N–H and O–H groups in total. The predicted molar refractivity (Wildman–Crippen MR) is 46.0 cm³/mol. The maximum atomic E-state index is 9.82. The van der Waals surface area contributed by atoms with Gasteiger partial charge in [0.2, 0.25) is 0 Å². The van der Waals surface area contributed by atoms with Crippen molar-refractivity contribution in [1.82, 2.24) is 9.97 Å². The predicted octanol–water partition coefficient (Wildman–Crippen LogP) is 0.689. The fraction of sp³-hybridized carbons (Fsp3) is 0.556. The summed E-state index contributed by atoms with van der Waals surface area (Å²) in [4.78, 5) is 7.70. The van der Waals surface area contributed by atoms with Crippen LogP contribution >= 0.6 is 0 Å². The number of rotatable bonds is 2. The summed E-state index contributed by atoms with van der Waals surface area (Å²) in [6.07, 6.45) is 5.98. The molecular formula is C9H12N2O2. The Balaban J connectivity index is 2.08. The molecule has 2 rings (SSSR count). The third kappa shape index (κ3) is 1.84. The molecular weight excluding hydrogens is 168 g/mol. The van der Waals surface area contributed by atoms with Crippen molar-refractivity contribution in [2.24, 2.45) is 0 Å². The normalized spacial score (nSPS) is 24.5. The summed E-state index contributed by atoms with van der Waals surface area (Å²) in [6.45, 7) is 0.745. The number of hydrogen-bond donors (Lipinski definition) is 1. The SMILES string of the molecule is OC(c1cncnc1)C1CCCO1. The van der Waals surface area contributed by atoms with E-state index >= 15 is 0 Å². The minimum absolute atomic E-state index is 0.0778. The first-order chi connectivity index (χ1) is 6.38. The van der Waals surface area contributed by atoms with Crippen LogP contribution in [0, 0.1) is 0 Å². The van der Waals surface area contributed by atoms with Crippen LogP contribution in [0.1, 0.15) is 24.5 Å². The van der Waals surface area contributed by atoms with Gasteiger partial charge in [-0.15, -0.1) is 0 Å². The van der Waals surface area contributed by atoms with Crippen molar-refractivity contribution in [2.45, 2.75) is 25.0 Å². The minimum Gasteiger partial charge on any atom is -0.386 e. The summed E-state index contributed by atoms with van der Waals surface area (Å²) < 4.78 is 5.36. The van der Waals surface area contributed by atoms with Gasteiger partial charge in [0.25, 0.3) is 0 Å². The standard InChI is InChI=1S/C9H12N2O2/c12-9(8-2-1-3-13-8)7-4-10-6-11-5-7/h4-6,8-9,12H,1-3H2. The van der Waals surface area contributed by atoms with E-state index in [0.29, 0.717) is 0 Å². The molecule has 0 spiro atoms. The molecule has 0 bridgehead atoms. The molecule has 70 valence electrons. The van der Waals surface area contributed by atoms with E-state index in [1.54, 1.807) is 12.4 Å². The van der Waals surface area contributed by atoms with Crippen molar-refractivity contribution in [2.75, 3.05) is 6.61 Å². The van der Waals surface area contributed by atoms with E-state index < -0.39 is 6.10 Å². The number of nitrogens with zero attached hydrogens (tertiary/aromatic N) is 2. The molecule has 0 amide bonds. The molecule has 0 aliphatic carbocycles. The Bertz CT molecular complexity index is 260. The van der Waals surface area contributed by atoms with Crippen LogP contribution in [-0.4, -0.2) is 27.8 Å². The van der Waals surface area contributed by atoms with E-state index in [4.69, 9.17) is 4.74 Å². The highest BCUT2D eigenvalue weighted by molar-refractivity contribution is 5.08. The molecule has 4 nitrogen and oxygen atoms in total.